The van der Waals surface area contributed by atoms with Gasteiger partial charge in [-0.15, -0.1) is 11.8 Å². The molecule has 2 aromatic rings. The molecule has 152 valence electrons. The average molecular weight is 480 g/mol. The predicted octanol–water partition coefficient (Wildman–Crippen LogP) is 3.70. The van der Waals surface area contributed by atoms with Gasteiger partial charge in [0.25, 0.3) is 17.5 Å². The quantitative estimate of drug-likeness (QED) is 0.371. The number of thioether (sulfide) groups is 1. The molecule has 0 aliphatic carbocycles. The summed E-state index contributed by atoms with van der Waals surface area (Å²) in [5, 5.41) is 11.4. The summed E-state index contributed by atoms with van der Waals surface area (Å²) in [6, 6.07) is 11.0. The number of nitro benzene ring substituents is 1. The number of nitro groups is 1. The van der Waals surface area contributed by atoms with Crippen LogP contribution in [0.2, 0.25) is 0 Å². The molecule has 2 N–H and O–H groups in total. The normalized spacial score (nSPS) is 15.7. The summed E-state index contributed by atoms with van der Waals surface area (Å²) in [4.78, 5) is 35.9. The Labute approximate surface area is 179 Å². The zero-order valence-corrected chi connectivity index (χ0v) is 17.6. The van der Waals surface area contributed by atoms with Gasteiger partial charge in [0, 0.05) is 28.5 Å². The lowest BCUT2D eigenvalue weighted by Gasteiger charge is -2.11. The Bertz CT molecular complexity index is 934. The Morgan fingerprint density at radius 3 is 2.66 bits per heavy atom. The van der Waals surface area contributed by atoms with Gasteiger partial charge in [0.2, 0.25) is 0 Å². The predicted molar refractivity (Wildman–Crippen MR) is 112 cm³/mol. The fraction of sp³-hybridized carbons (Fsp3) is 0.263. The van der Waals surface area contributed by atoms with E-state index in [0.717, 1.165) is 19.4 Å². The van der Waals surface area contributed by atoms with Crippen molar-refractivity contribution in [2.75, 3.05) is 12.4 Å². The number of hydrogen-bond donors (Lipinski definition) is 2. The number of nitrogens with zero attached hydrogens (tertiary/aromatic N) is 1. The zero-order valence-electron chi connectivity index (χ0n) is 15.2. The van der Waals surface area contributed by atoms with Crippen molar-refractivity contribution in [3.05, 3.63) is 68.2 Å². The van der Waals surface area contributed by atoms with Crippen molar-refractivity contribution in [2.24, 2.45) is 0 Å². The van der Waals surface area contributed by atoms with E-state index >= 15 is 0 Å². The smallest absolute Gasteiger partial charge is 0.283 e. The molecule has 0 spiro atoms. The molecule has 0 bridgehead atoms. The number of amides is 2. The van der Waals surface area contributed by atoms with Crippen LogP contribution in [-0.2, 0) is 4.74 Å². The second-order valence-corrected chi connectivity index (χ2v) is 8.19. The van der Waals surface area contributed by atoms with Crippen LogP contribution in [0.25, 0.3) is 0 Å². The molecule has 1 fully saturated rings. The molecule has 29 heavy (non-hydrogen) atoms. The van der Waals surface area contributed by atoms with Crippen LogP contribution in [0.15, 0.2) is 51.8 Å². The van der Waals surface area contributed by atoms with Gasteiger partial charge in [0.15, 0.2) is 0 Å². The van der Waals surface area contributed by atoms with Gasteiger partial charge in [-0.1, -0.05) is 12.1 Å². The van der Waals surface area contributed by atoms with Crippen molar-refractivity contribution in [1.29, 1.82) is 0 Å². The summed E-state index contributed by atoms with van der Waals surface area (Å²) in [7, 11) is 0. The second-order valence-electron chi connectivity index (χ2n) is 6.27. The lowest BCUT2D eigenvalue weighted by atomic mass is 10.2. The van der Waals surface area contributed by atoms with E-state index in [0.29, 0.717) is 20.7 Å². The lowest BCUT2D eigenvalue weighted by Crippen LogP contribution is -2.41. The molecule has 1 aliphatic heterocycles. The van der Waals surface area contributed by atoms with Crippen molar-refractivity contribution < 1.29 is 19.2 Å². The summed E-state index contributed by atoms with van der Waals surface area (Å²) >= 11 is 4.60. The fourth-order valence-corrected chi connectivity index (χ4v) is 4.32. The third kappa shape index (κ3) is 5.55. The zero-order chi connectivity index (χ0) is 20.8. The molecule has 0 unspecified atom stereocenters. The highest BCUT2D eigenvalue weighted by Gasteiger charge is 2.21. The molecule has 3 rings (SSSR count). The number of hydrazine groups is 1. The minimum Gasteiger partial charge on any atom is -0.377 e. The SMILES string of the molecule is O=C(NNC(=O)c1ccccc1Br)c1ccc(SC[C@@H]2CCCO2)c([N+](=O)[O-])c1. The number of nitrogens with one attached hydrogen (secondary N) is 2. The first-order chi connectivity index (χ1) is 14.0. The Hall–Kier alpha value is -2.43. The van der Waals surface area contributed by atoms with Crippen LogP contribution in [-0.4, -0.2) is 35.2 Å². The van der Waals surface area contributed by atoms with E-state index in [1.54, 1.807) is 30.3 Å². The van der Waals surface area contributed by atoms with E-state index in [-0.39, 0.29) is 17.4 Å². The van der Waals surface area contributed by atoms with E-state index < -0.39 is 16.7 Å². The van der Waals surface area contributed by atoms with Crippen molar-refractivity contribution in [3.8, 4) is 0 Å². The molecule has 10 heteroatoms. The standard InChI is InChI=1S/C19H18BrN3O5S/c20-15-6-2-1-5-14(15)19(25)22-21-18(24)12-7-8-17(16(10-12)23(26)27)29-11-13-4-3-9-28-13/h1-2,5-8,10,13H,3-4,9,11H2,(H,21,24)(H,22,25)/t13-/m0/s1. The first-order valence-electron chi connectivity index (χ1n) is 8.84. The molecule has 1 aliphatic rings. The third-order valence-corrected chi connectivity index (χ3v) is 6.16. The molecule has 0 aromatic heterocycles. The minimum absolute atomic E-state index is 0.0746. The number of ether oxygens (including phenoxy) is 1. The van der Waals surface area contributed by atoms with Gasteiger partial charge in [-0.3, -0.25) is 30.6 Å². The Kier molecular flexibility index (Phi) is 7.24. The van der Waals surface area contributed by atoms with Gasteiger partial charge in [0.1, 0.15) is 0 Å². The van der Waals surface area contributed by atoms with Gasteiger partial charge < -0.3 is 4.74 Å². The molecule has 1 saturated heterocycles. The first-order valence-corrected chi connectivity index (χ1v) is 10.6. The highest BCUT2D eigenvalue weighted by Crippen LogP contribution is 2.32. The molecular weight excluding hydrogens is 462 g/mol. The molecule has 0 radical (unpaired) electrons. The Morgan fingerprint density at radius 1 is 1.21 bits per heavy atom. The van der Waals surface area contributed by atoms with Crippen molar-refractivity contribution in [2.45, 2.75) is 23.8 Å². The molecular formula is C19H18BrN3O5S. The van der Waals surface area contributed by atoms with Crippen molar-refractivity contribution >= 4 is 45.2 Å². The van der Waals surface area contributed by atoms with Gasteiger partial charge in [-0.25, -0.2) is 0 Å². The Balaban J connectivity index is 1.65. The maximum atomic E-state index is 12.3. The van der Waals surface area contributed by atoms with Gasteiger partial charge >= 0.3 is 0 Å². The van der Waals surface area contributed by atoms with Crippen LogP contribution in [0.3, 0.4) is 0 Å². The van der Waals surface area contributed by atoms with Gasteiger partial charge in [-0.2, -0.15) is 0 Å². The summed E-state index contributed by atoms with van der Waals surface area (Å²) in [5.41, 5.74) is 4.85. The number of halogens is 1. The highest BCUT2D eigenvalue weighted by atomic mass is 79.9. The fourth-order valence-electron chi connectivity index (χ4n) is 2.78. The van der Waals surface area contributed by atoms with Crippen LogP contribution in [0.1, 0.15) is 33.6 Å². The highest BCUT2D eigenvalue weighted by molar-refractivity contribution is 9.10. The van der Waals surface area contributed by atoms with Crippen LogP contribution < -0.4 is 10.9 Å². The minimum atomic E-state index is -0.649. The maximum absolute atomic E-state index is 12.3. The topological polar surface area (TPSA) is 111 Å². The molecule has 2 amide bonds. The number of hydrogen-bond acceptors (Lipinski definition) is 6. The third-order valence-electron chi connectivity index (χ3n) is 4.27. The lowest BCUT2D eigenvalue weighted by molar-refractivity contribution is -0.387. The summed E-state index contributed by atoms with van der Waals surface area (Å²) in [5.74, 6) is -0.540. The van der Waals surface area contributed by atoms with Crippen LogP contribution in [0, 0.1) is 10.1 Å². The van der Waals surface area contributed by atoms with E-state index in [9.17, 15) is 19.7 Å². The van der Waals surface area contributed by atoms with Gasteiger partial charge in [-0.05, 0) is 53.0 Å². The number of carbonyl (C=O) groups is 2. The summed E-state index contributed by atoms with van der Waals surface area (Å²) < 4.78 is 6.12. The second kappa shape index (κ2) is 9.86. The molecule has 1 heterocycles. The number of carbonyl (C=O) groups excluding carboxylic acids is 2. The van der Waals surface area contributed by atoms with Crippen molar-refractivity contribution in [3.63, 3.8) is 0 Å². The molecule has 0 saturated carbocycles. The molecule has 2 aromatic carbocycles. The number of benzene rings is 2. The summed E-state index contributed by atoms with van der Waals surface area (Å²) in [6.07, 6.45) is 2.03. The van der Waals surface area contributed by atoms with Crippen molar-refractivity contribution in [1.82, 2.24) is 10.9 Å². The molecule has 8 nitrogen and oxygen atoms in total. The van der Waals surface area contributed by atoms with E-state index in [1.165, 1.54) is 23.9 Å². The monoisotopic (exact) mass is 479 g/mol. The van der Waals surface area contributed by atoms with E-state index in [4.69, 9.17) is 4.74 Å². The van der Waals surface area contributed by atoms with E-state index in [2.05, 4.69) is 26.8 Å². The van der Waals surface area contributed by atoms with E-state index in [1.807, 2.05) is 0 Å². The number of rotatable bonds is 6. The largest absolute Gasteiger partial charge is 0.377 e. The van der Waals surface area contributed by atoms with Crippen LogP contribution in [0.5, 0.6) is 0 Å². The summed E-state index contributed by atoms with van der Waals surface area (Å²) in [6.45, 7) is 0.720. The van der Waals surface area contributed by atoms with Crippen LogP contribution >= 0.6 is 27.7 Å². The maximum Gasteiger partial charge on any atom is 0.283 e. The average Bonchev–Trinajstić information content (AvgIpc) is 3.24. The molecule has 1 atom stereocenters. The van der Waals surface area contributed by atoms with Crippen LogP contribution in [0.4, 0.5) is 5.69 Å². The Morgan fingerprint density at radius 2 is 1.97 bits per heavy atom. The first kappa shape index (κ1) is 21.3. The van der Waals surface area contributed by atoms with Gasteiger partial charge in [0.05, 0.1) is 21.5 Å².